The van der Waals surface area contributed by atoms with E-state index in [4.69, 9.17) is 10.1 Å². The van der Waals surface area contributed by atoms with Gasteiger partial charge in [0.2, 0.25) is 5.13 Å². The van der Waals surface area contributed by atoms with Gasteiger partial charge < -0.3 is 5.32 Å². The summed E-state index contributed by atoms with van der Waals surface area (Å²) >= 11 is 1.66. The van der Waals surface area contributed by atoms with E-state index in [1.807, 2.05) is 22.9 Å². The fraction of sp³-hybridized carbons (Fsp3) is 0.423. The molecule has 0 fully saturated rings. The summed E-state index contributed by atoms with van der Waals surface area (Å²) in [6.07, 6.45) is 9.28. The second-order valence-corrected chi connectivity index (χ2v) is 11.2. The summed E-state index contributed by atoms with van der Waals surface area (Å²) in [7, 11) is 0. The molecule has 1 aliphatic heterocycles. The number of aryl methyl sites for hydroxylation is 1. The fourth-order valence-electron chi connectivity index (χ4n) is 5.81. The standard InChI is InChI=1S/C26H28N4OS/c1-15-21-22(16-9-5-4-6-10-16)23-18(13-26(2,3)14-19(23)31)27-24(21)30(29-15)25-28-17-11-7-8-12-20(17)32-25/h4-5,7-8,11-12,16,22,27H,6,9-10,13-14H2,1-3H3/t16-,22-/m1/s1. The third kappa shape index (κ3) is 3.07. The Morgan fingerprint density at radius 3 is 2.81 bits per heavy atom. The van der Waals surface area contributed by atoms with Crippen LogP contribution in [0.25, 0.3) is 15.3 Å². The summed E-state index contributed by atoms with van der Waals surface area (Å²) in [6.45, 7) is 6.47. The van der Waals surface area contributed by atoms with Crippen LogP contribution in [0.2, 0.25) is 0 Å². The van der Waals surface area contributed by atoms with Crippen LogP contribution in [0.15, 0.2) is 47.7 Å². The number of nitrogens with one attached hydrogen (secondary N) is 1. The van der Waals surface area contributed by atoms with Crippen molar-refractivity contribution in [2.24, 2.45) is 11.3 Å². The van der Waals surface area contributed by atoms with E-state index < -0.39 is 0 Å². The second-order valence-electron chi connectivity index (χ2n) is 10.2. The number of nitrogens with zero attached hydrogens (tertiary/aromatic N) is 3. The molecule has 3 heterocycles. The van der Waals surface area contributed by atoms with Crippen molar-refractivity contribution in [1.82, 2.24) is 14.8 Å². The van der Waals surface area contributed by atoms with Crippen molar-refractivity contribution >= 4 is 33.2 Å². The van der Waals surface area contributed by atoms with Crippen molar-refractivity contribution in [1.29, 1.82) is 0 Å². The lowest BCUT2D eigenvalue weighted by molar-refractivity contribution is -0.118. The highest BCUT2D eigenvalue weighted by Gasteiger charge is 2.45. The lowest BCUT2D eigenvalue weighted by Crippen LogP contribution is -2.36. The van der Waals surface area contributed by atoms with Gasteiger partial charge in [0.1, 0.15) is 5.82 Å². The van der Waals surface area contributed by atoms with Crippen LogP contribution in [0, 0.1) is 18.3 Å². The molecule has 3 aliphatic rings. The van der Waals surface area contributed by atoms with Crippen molar-refractivity contribution in [2.45, 2.75) is 58.8 Å². The Hall–Kier alpha value is -2.73. The zero-order valence-corrected chi connectivity index (χ0v) is 19.6. The average Bonchev–Trinajstić information content (AvgIpc) is 3.33. The van der Waals surface area contributed by atoms with Crippen LogP contribution in [0.4, 0.5) is 5.82 Å². The van der Waals surface area contributed by atoms with E-state index in [1.54, 1.807) is 11.3 Å². The molecule has 3 aromatic rings. The number of hydrogen-bond acceptors (Lipinski definition) is 5. The molecule has 5 nitrogen and oxygen atoms in total. The van der Waals surface area contributed by atoms with Crippen LogP contribution < -0.4 is 5.32 Å². The molecule has 2 aromatic heterocycles. The van der Waals surface area contributed by atoms with E-state index in [9.17, 15) is 4.79 Å². The summed E-state index contributed by atoms with van der Waals surface area (Å²) < 4.78 is 3.14. The minimum Gasteiger partial charge on any atom is -0.343 e. The molecule has 32 heavy (non-hydrogen) atoms. The van der Waals surface area contributed by atoms with Gasteiger partial charge >= 0.3 is 0 Å². The summed E-state index contributed by atoms with van der Waals surface area (Å²) in [5.74, 6) is 1.85. The minimum absolute atomic E-state index is 0.0345. The van der Waals surface area contributed by atoms with Gasteiger partial charge in [-0.15, -0.1) is 0 Å². The van der Waals surface area contributed by atoms with Gasteiger partial charge in [0.05, 0.1) is 15.9 Å². The molecule has 2 atom stereocenters. The lowest BCUT2D eigenvalue weighted by Gasteiger charge is -2.41. The molecule has 0 saturated carbocycles. The van der Waals surface area contributed by atoms with Crippen molar-refractivity contribution in [3.63, 3.8) is 0 Å². The summed E-state index contributed by atoms with van der Waals surface area (Å²) in [5, 5.41) is 9.53. The van der Waals surface area contributed by atoms with Gasteiger partial charge in [-0.3, -0.25) is 4.79 Å². The molecule has 6 heteroatoms. The van der Waals surface area contributed by atoms with E-state index in [2.05, 4.69) is 44.3 Å². The van der Waals surface area contributed by atoms with E-state index in [0.29, 0.717) is 18.1 Å². The zero-order chi connectivity index (χ0) is 22.0. The number of fused-ring (bicyclic) bond motifs is 2. The van der Waals surface area contributed by atoms with Gasteiger partial charge in [-0.05, 0) is 56.1 Å². The molecular formula is C26H28N4OS. The number of para-hydroxylation sites is 1. The van der Waals surface area contributed by atoms with Crippen molar-refractivity contribution in [3.05, 3.63) is 58.9 Å². The zero-order valence-electron chi connectivity index (χ0n) is 18.8. The lowest BCUT2D eigenvalue weighted by atomic mass is 9.66. The first-order chi connectivity index (χ1) is 15.4. The van der Waals surface area contributed by atoms with Gasteiger partial charge in [-0.25, -0.2) is 4.98 Å². The van der Waals surface area contributed by atoms with E-state index >= 15 is 0 Å². The Morgan fingerprint density at radius 1 is 1.19 bits per heavy atom. The molecule has 0 unspecified atom stereocenters. The summed E-state index contributed by atoms with van der Waals surface area (Å²) in [6, 6.07) is 8.22. The molecule has 6 rings (SSSR count). The van der Waals surface area contributed by atoms with Gasteiger partial charge in [0, 0.05) is 29.2 Å². The molecule has 1 aromatic carbocycles. The van der Waals surface area contributed by atoms with Crippen LogP contribution >= 0.6 is 11.3 Å². The largest absolute Gasteiger partial charge is 0.343 e. The number of Topliss-reactive ketones (excluding diaryl/α,β-unsaturated/α-hetero) is 1. The smallest absolute Gasteiger partial charge is 0.213 e. The minimum atomic E-state index is -0.0345. The first-order valence-electron chi connectivity index (χ1n) is 11.5. The van der Waals surface area contributed by atoms with Crippen molar-refractivity contribution in [2.75, 3.05) is 5.32 Å². The maximum atomic E-state index is 13.5. The Kier molecular flexibility index (Phi) is 4.44. The van der Waals surface area contributed by atoms with Crippen LogP contribution in [-0.2, 0) is 4.79 Å². The van der Waals surface area contributed by atoms with Gasteiger partial charge in [0.15, 0.2) is 5.78 Å². The Balaban J connectivity index is 1.54. The molecule has 0 bridgehead atoms. The van der Waals surface area contributed by atoms with Crippen molar-refractivity contribution < 1.29 is 4.79 Å². The van der Waals surface area contributed by atoms with E-state index in [-0.39, 0.29) is 11.3 Å². The highest BCUT2D eigenvalue weighted by Crippen LogP contribution is 2.52. The average molecular weight is 445 g/mol. The number of carbonyl (C=O) groups is 1. The van der Waals surface area contributed by atoms with Gasteiger partial charge in [-0.2, -0.15) is 9.78 Å². The molecule has 0 radical (unpaired) electrons. The normalized spacial score (nSPS) is 24.4. The highest BCUT2D eigenvalue weighted by atomic mass is 32.1. The Morgan fingerprint density at radius 2 is 2.03 bits per heavy atom. The monoisotopic (exact) mass is 444 g/mol. The van der Waals surface area contributed by atoms with Crippen LogP contribution in [-0.4, -0.2) is 20.5 Å². The summed E-state index contributed by atoms with van der Waals surface area (Å²) in [5.41, 5.74) is 5.26. The molecular weight excluding hydrogens is 416 g/mol. The SMILES string of the molecule is Cc1nn(-c2nc3ccccc3s2)c2c1[C@@H]([C@@H]1CC=CCC1)C1=C(CC(C)(C)CC1=O)N2. The second kappa shape index (κ2) is 7.14. The Bertz CT molecular complexity index is 1280. The number of ketones is 1. The molecule has 2 aliphatic carbocycles. The highest BCUT2D eigenvalue weighted by molar-refractivity contribution is 7.20. The third-order valence-electron chi connectivity index (χ3n) is 7.16. The maximum Gasteiger partial charge on any atom is 0.213 e. The van der Waals surface area contributed by atoms with Crippen molar-refractivity contribution in [3.8, 4) is 5.13 Å². The summed E-state index contributed by atoms with van der Waals surface area (Å²) in [4.78, 5) is 18.3. The number of rotatable bonds is 2. The molecule has 0 spiro atoms. The number of thiazole rings is 1. The quantitative estimate of drug-likeness (QED) is 0.471. The molecule has 164 valence electrons. The van der Waals surface area contributed by atoms with Crippen LogP contribution in [0.3, 0.4) is 0 Å². The van der Waals surface area contributed by atoms with Crippen LogP contribution in [0.1, 0.15) is 63.1 Å². The predicted octanol–water partition coefficient (Wildman–Crippen LogP) is 6.30. The molecule has 1 N–H and O–H groups in total. The van der Waals surface area contributed by atoms with Crippen LogP contribution in [0.5, 0.6) is 0 Å². The first kappa shape index (κ1) is 19.9. The molecule has 0 saturated heterocycles. The number of benzene rings is 1. The number of anilines is 1. The van der Waals surface area contributed by atoms with Gasteiger partial charge in [0.25, 0.3) is 0 Å². The number of hydrogen-bond donors (Lipinski definition) is 1. The van der Waals surface area contributed by atoms with E-state index in [1.165, 1.54) is 5.56 Å². The predicted molar refractivity (Wildman–Crippen MR) is 129 cm³/mol. The third-order valence-corrected chi connectivity index (χ3v) is 8.17. The Labute approximate surface area is 192 Å². The van der Waals surface area contributed by atoms with E-state index in [0.717, 1.165) is 63.8 Å². The first-order valence-corrected chi connectivity index (χ1v) is 12.4. The number of carbonyl (C=O) groups excluding carboxylic acids is 1. The van der Waals surface area contributed by atoms with Gasteiger partial charge in [-0.1, -0.05) is 49.5 Å². The number of aromatic nitrogens is 3. The fourth-order valence-corrected chi connectivity index (χ4v) is 6.73. The molecule has 0 amide bonds. The topological polar surface area (TPSA) is 59.8 Å². The number of allylic oxidation sites excluding steroid dienone is 4. The maximum absolute atomic E-state index is 13.5.